The number of tetrazole rings is 1. The lowest BCUT2D eigenvalue weighted by Crippen LogP contribution is -2.22. The first kappa shape index (κ1) is 16.6. The van der Waals surface area contributed by atoms with Crippen LogP contribution in [-0.4, -0.2) is 38.1 Å². The zero-order valence-corrected chi connectivity index (χ0v) is 15.1. The van der Waals surface area contributed by atoms with Gasteiger partial charge in [-0.15, -0.1) is 16.4 Å². The molecule has 7 nitrogen and oxygen atoms in total. The number of aromatic nitrogens is 5. The fraction of sp³-hybridized carbons (Fsp3) is 0.267. The highest BCUT2D eigenvalue weighted by atomic mass is 32.2. The number of nitrogens with zero attached hydrogens (tertiary/aromatic N) is 6. The summed E-state index contributed by atoms with van der Waals surface area (Å²) in [7, 11) is 1.72. The van der Waals surface area contributed by atoms with E-state index in [9.17, 15) is 4.79 Å². The molecule has 0 aliphatic carbocycles. The van der Waals surface area contributed by atoms with Crippen LogP contribution in [0.5, 0.6) is 0 Å². The number of thioether (sulfide) groups is 1. The normalized spacial score (nSPS) is 10.8. The summed E-state index contributed by atoms with van der Waals surface area (Å²) in [6.45, 7) is 3.56. The lowest BCUT2D eigenvalue weighted by atomic mass is 10.2. The number of aryl methyl sites for hydroxylation is 1. The number of amides is 1. The van der Waals surface area contributed by atoms with Crippen LogP contribution in [0.25, 0.3) is 5.69 Å². The Morgan fingerprint density at radius 3 is 2.79 bits per heavy atom. The molecule has 0 saturated carbocycles. The summed E-state index contributed by atoms with van der Waals surface area (Å²) < 4.78 is 1.71. The number of benzene rings is 1. The van der Waals surface area contributed by atoms with Gasteiger partial charge in [0, 0.05) is 25.1 Å². The van der Waals surface area contributed by atoms with E-state index in [-0.39, 0.29) is 5.91 Å². The molecular formula is C15H16N6OS2. The first-order valence-corrected chi connectivity index (χ1v) is 9.08. The molecule has 0 aliphatic rings. The Morgan fingerprint density at radius 1 is 1.33 bits per heavy atom. The van der Waals surface area contributed by atoms with Crippen LogP contribution in [0.4, 0.5) is 5.13 Å². The third-order valence-corrected chi connectivity index (χ3v) is 5.29. The van der Waals surface area contributed by atoms with Crippen molar-refractivity contribution in [2.75, 3.05) is 11.9 Å². The molecule has 2 aromatic heterocycles. The van der Waals surface area contributed by atoms with Crippen molar-refractivity contribution in [2.24, 2.45) is 0 Å². The molecule has 2 heterocycles. The molecule has 3 rings (SSSR count). The number of anilines is 1. The number of hydrogen-bond donors (Lipinski definition) is 0. The molecule has 0 spiro atoms. The number of carbonyl (C=O) groups excluding carboxylic acids is 1. The van der Waals surface area contributed by atoms with E-state index in [1.165, 1.54) is 40.5 Å². The van der Waals surface area contributed by atoms with E-state index < -0.39 is 0 Å². The van der Waals surface area contributed by atoms with Crippen molar-refractivity contribution < 1.29 is 4.79 Å². The van der Waals surface area contributed by atoms with Crippen LogP contribution in [0, 0.1) is 6.92 Å². The average molecular weight is 360 g/mol. The predicted octanol–water partition coefficient (Wildman–Crippen LogP) is 2.70. The molecule has 3 aromatic rings. The Balaban J connectivity index is 1.71. The summed E-state index contributed by atoms with van der Waals surface area (Å²) in [5, 5.41) is 15.2. The van der Waals surface area contributed by atoms with Crippen molar-refractivity contribution in [3.8, 4) is 5.69 Å². The van der Waals surface area contributed by atoms with E-state index >= 15 is 0 Å². The first-order valence-electron chi connectivity index (χ1n) is 7.21. The zero-order valence-electron chi connectivity index (χ0n) is 13.5. The second-order valence-corrected chi connectivity index (χ2v) is 6.98. The van der Waals surface area contributed by atoms with E-state index in [1.54, 1.807) is 11.7 Å². The zero-order chi connectivity index (χ0) is 17.1. The standard InChI is InChI=1S/C15H16N6OS2/c1-10-4-6-13(7-5-10)21-15(17-18-19-21)24-9-12-8-23-14(16-12)20(3)11(2)22/h4-8H,9H2,1-3H3. The van der Waals surface area contributed by atoms with Crippen molar-refractivity contribution >= 4 is 34.1 Å². The van der Waals surface area contributed by atoms with Crippen LogP contribution < -0.4 is 4.90 Å². The van der Waals surface area contributed by atoms with Gasteiger partial charge in [-0.2, -0.15) is 4.68 Å². The van der Waals surface area contributed by atoms with Gasteiger partial charge in [0.25, 0.3) is 0 Å². The highest BCUT2D eigenvalue weighted by molar-refractivity contribution is 7.98. The number of rotatable bonds is 5. The van der Waals surface area contributed by atoms with Crippen molar-refractivity contribution in [3.05, 3.63) is 40.9 Å². The fourth-order valence-electron chi connectivity index (χ4n) is 1.91. The predicted molar refractivity (Wildman–Crippen MR) is 94.7 cm³/mol. The maximum atomic E-state index is 11.4. The van der Waals surface area contributed by atoms with Crippen LogP contribution in [0.15, 0.2) is 34.8 Å². The highest BCUT2D eigenvalue weighted by Crippen LogP contribution is 2.26. The maximum Gasteiger partial charge on any atom is 0.225 e. The molecular weight excluding hydrogens is 344 g/mol. The molecule has 0 atom stereocenters. The third-order valence-electron chi connectivity index (χ3n) is 3.37. The van der Waals surface area contributed by atoms with E-state index in [0.717, 1.165) is 11.4 Å². The van der Waals surface area contributed by atoms with Gasteiger partial charge in [0.1, 0.15) is 0 Å². The summed E-state index contributed by atoms with van der Waals surface area (Å²) in [6, 6.07) is 8.02. The molecule has 0 bridgehead atoms. The Labute approximate surface area is 147 Å². The topological polar surface area (TPSA) is 76.8 Å². The molecule has 0 unspecified atom stereocenters. The van der Waals surface area contributed by atoms with Crippen LogP contribution in [-0.2, 0) is 10.5 Å². The molecule has 0 N–H and O–H groups in total. The molecule has 124 valence electrons. The van der Waals surface area contributed by atoms with Crippen molar-refractivity contribution in [1.29, 1.82) is 0 Å². The average Bonchev–Trinajstić information content (AvgIpc) is 3.22. The molecule has 9 heteroatoms. The molecule has 0 saturated heterocycles. The SMILES string of the molecule is CC(=O)N(C)c1nc(CSc2nnnn2-c2ccc(C)cc2)cs1. The van der Waals surface area contributed by atoms with Gasteiger partial charge in [0.05, 0.1) is 11.4 Å². The fourth-order valence-corrected chi connectivity index (χ4v) is 3.63. The Bertz CT molecular complexity index is 842. The summed E-state index contributed by atoms with van der Waals surface area (Å²) in [5.74, 6) is 0.598. The molecule has 24 heavy (non-hydrogen) atoms. The first-order chi connectivity index (χ1) is 11.5. The molecule has 0 radical (unpaired) electrons. The molecule has 1 aromatic carbocycles. The van der Waals surface area contributed by atoms with Gasteiger partial charge < -0.3 is 0 Å². The Hall–Kier alpha value is -2.26. The second-order valence-electron chi connectivity index (χ2n) is 5.20. The van der Waals surface area contributed by atoms with Crippen LogP contribution in [0.2, 0.25) is 0 Å². The number of thiazole rings is 1. The quantitative estimate of drug-likeness (QED) is 0.651. The minimum atomic E-state index is -0.0353. The van der Waals surface area contributed by atoms with Crippen LogP contribution in [0.1, 0.15) is 18.2 Å². The summed E-state index contributed by atoms with van der Waals surface area (Å²) >= 11 is 2.95. The van der Waals surface area contributed by atoms with Crippen molar-refractivity contribution in [3.63, 3.8) is 0 Å². The smallest absolute Gasteiger partial charge is 0.225 e. The van der Waals surface area contributed by atoms with Crippen molar-refractivity contribution in [2.45, 2.75) is 24.8 Å². The highest BCUT2D eigenvalue weighted by Gasteiger charge is 2.13. The van der Waals surface area contributed by atoms with E-state index in [0.29, 0.717) is 16.0 Å². The molecule has 0 aliphatic heterocycles. The largest absolute Gasteiger partial charge is 0.292 e. The van der Waals surface area contributed by atoms with Gasteiger partial charge in [0.2, 0.25) is 11.1 Å². The van der Waals surface area contributed by atoms with E-state index in [1.807, 2.05) is 36.6 Å². The summed E-state index contributed by atoms with van der Waals surface area (Å²) in [4.78, 5) is 17.4. The lowest BCUT2D eigenvalue weighted by molar-refractivity contribution is -0.116. The Morgan fingerprint density at radius 2 is 2.08 bits per heavy atom. The minimum Gasteiger partial charge on any atom is -0.292 e. The maximum absolute atomic E-state index is 11.4. The lowest BCUT2D eigenvalue weighted by Gasteiger charge is -2.09. The van der Waals surface area contributed by atoms with Gasteiger partial charge in [-0.25, -0.2) is 4.98 Å². The van der Waals surface area contributed by atoms with Crippen molar-refractivity contribution in [1.82, 2.24) is 25.2 Å². The van der Waals surface area contributed by atoms with Gasteiger partial charge in [-0.3, -0.25) is 9.69 Å². The Kier molecular flexibility index (Phi) is 4.91. The summed E-state index contributed by atoms with van der Waals surface area (Å²) in [5.41, 5.74) is 3.00. The van der Waals surface area contributed by atoms with Gasteiger partial charge in [0.15, 0.2) is 5.13 Å². The van der Waals surface area contributed by atoms with Gasteiger partial charge in [-0.05, 0) is 29.5 Å². The monoisotopic (exact) mass is 360 g/mol. The number of carbonyl (C=O) groups is 1. The van der Waals surface area contributed by atoms with Crippen LogP contribution in [0.3, 0.4) is 0 Å². The van der Waals surface area contributed by atoms with E-state index in [4.69, 9.17) is 0 Å². The second kappa shape index (κ2) is 7.10. The summed E-state index contributed by atoms with van der Waals surface area (Å²) in [6.07, 6.45) is 0. The van der Waals surface area contributed by atoms with Gasteiger partial charge in [-0.1, -0.05) is 29.5 Å². The molecule has 1 amide bonds. The third kappa shape index (κ3) is 3.62. The number of hydrogen-bond acceptors (Lipinski definition) is 7. The minimum absolute atomic E-state index is 0.0353. The van der Waals surface area contributed by atoms with Gasteiger partial charge >= 0.3 is 0 Å². The van der Waals surface area contributed by atoms with E-state index in [2.05, 4.69) is 20.5 Å². The van der Waals surface area contributed by atoms with Crippen LogP contribution >= 0.6 is 23.1 Å². The molecule has 0 fully saturated rings.